The first-order valence-corrected chi connectivity index (χ1v) is 6.52. The van der Waals surface area contributed by atoms with Gasteiger partial charge in [-0.25, -0.2) is 0 Å². The Morgan fingerprint density at radius 1 is 1.58 bits per heavy atom. The van der Waals surface area contributed by atoms with Gasteiger partial charge in [0.05, 0.1) is 18.2 Å². The van der Waals surface area contributed by atoms with Crippen LogP contribution in [-0.2, 0) is 27.9 Å². The molecular weight excluding hydrogens is 246 g/mol. The van der Waals surface area contributed by atoms with E-state index in [0.29, 0.717) is 39.1 Å². The van der Waals surface area contributed by atoms with Gasteiger partial charge in [0.15, 0.2) is 0 Å². The van der Waals surface area contributed by atoms with Crippen LogP contribution < -0.4 is 5.32 Å². The van der Waals surface area contributed by atoms with E-state index >= 15 is 0 Å². The quantitative estimate of drug-likeness (QED) is 0.786. The fourth-order valence-corrected chi connectivity index (χ4v) is 2.44. The number of carbonyl (C=O) groups is 1. The summed E-state index contributed by atoms with van der Waals surface area (Å²) in [7, 11) is 3.35. The van der Waals surface area contributed by atoms with Gasteiger partial charge in [-0.2, -0.15) is 5.10 Å². The van der Waals surface area contributed by atoms with Crippen LogP contribution in [0.4, 0.5) is 0 Å². The molecule has 6 nitrogen and oxygen atoms in total. The second-order valence-electron chi connectivity index (χ2n) is 4.93. The first kappa shape index (κ1) is 14.0. The van der Waals surface area contributed by atoms with E-state index < -0.39 is 5.41 Å². The molecule has 0 aliphatic carbocycles. The third-order valence-corrected chi connectivity index (χ3v) is 3.76. The number of aryl methyl sites for hydroxylation is 1. The maximum atomic E-state index is 12.0. The third kappa shape index (κ3) is 3.13. The van der Waals surface area contributed by atoms with Gasteiger partial charge in [-0.3, -0.25) is 9.48 Å². The summed E-state index contributed by atoms with van der Waals surface area (Å²) in [5.41, 5.74) is 0.637. The molecule has 1 N–H and O–H groups in total. The van der Waals surface area contributed by atoms with Crippen molar-refractivity contribution in [3.63, 3.8) is 0 Å². The number of carbonyl (C=O) groups excluding carboxylic acids is 1. The number of rotatable bonds is 5. The lowest BCUT2D eigenvalue weighted by Crippen LogP contribution is -2.45. The summed E-state index contributed by atoms with van der Waals surface area (Å²) >= 11 is 0. The summed E-state index contributed by atoms with van der Waals surface area (Å²) < 4.78 is 12.1. The Hall–Kier alpha value is -1.40. The van der Waals surface area contributed by atoms with Crippen LogP contribution in [0.15, 0.2) is 12.3 Å². The van der Waals surface area contributed by atoms with E-state index in [0.717, 1.165) is 5.69 Å². The normalized spacial score (nSPS) is 18.2. The van der Waals surface area contributed by atoms with E-state index in [4.69, 9.17) is 9.47 Å². The molecule has 1 aliphatic rings. The van der Waals surface area contributed by atoms with Crippen LogP contribution in [0.3, 0.4) is 0 Å². The maximum absolute atomic E-state index is 12.0. The molecular formula is C13H21N3O3. The van der Waals surface area contributed by atoms with Crippen LogP contribution in [0.2, 0.25) is 0 Å². The van der Waals surface area contributed by atoms with Crippen LogP contribution in [-0.4, -0.2) is 42.6 Å². The number of ether oxygens (including phenoxy) is 2. The van der Waals surface area contributed by atoms with Crippen molar-refractivity contribution < 1.29 is 14.3 Å². The zero-order chi connectivity index (χ0) is 13.7. The highest BCUT2D eigenvalue weighted by Crippen LogP contribution is 2.31. The van der Waals surface area contributed by atoms with Crippen molar-refractivity contribution >= 4 is 5.97 Å². The molecule has 0 atom stereocenters. The zero-order valence-electron chi connectivity index (χ0n) is 11.5. The second kappa shape index (κ2) is 6.16. The maximum Gasteiger partial charge on any atom is 0.313 e. The minimum absolute atomic E-state index is 0.145. The predicted octanol–water partition coefficient (Wildman–Crippen LogP) is 0.479. The van der Waals surface area contributed by atoms with Crippen LogP contribution in [0.1, 0.15) is 18.5 Å². The minimum atomic E-state index is -0.453. The van der Waals surface area contributed by atoms with E-state index in [1.807, 2.05) is 17.8 Å². The van der Waals surface area contributed by atoms with E-state index in [9.17, 15) is 4.79 Å². The average molecular weight is 267 g/mol. The molecule has 2 rings (SSSR count). The van der Waals surface area contributed by atoms with E-state index in [-0.39, 0.29) is 5.97 Å². The van der Waals surface area contributed by atoms with Crippen LogP contribution >= 0.6 is 0 Å². The molecule has 0 radical (unpaired) electrons. The molecule has 1 saturated heterocycles. The summed E-state index contributed by atoms with van der Waals surface area (Å²) in [6.07, 6.45) is 3.18. The molecule has 0 spiro atoms. The van der Waals surface area contributed by atoms with Crippen LogP contribution in [0.5, 0.6) is 0 Å². The summed E-state index contributed by atoms with van der Waals surface area (Å²) in [5, 5.41) is 7.45. The molecule has 0 bridgehead atoms. The van der Waals surface area contributed by atoms with Crippen molar-refractivity contribution in [1.29, 1.82) is 0 Å². The van der Waals surface area contributed by atoms with Gasteiger partial charge in [-0.1, -0.05) is 0 Å². The summed E-state index contributed by atoms with van der Waals surface area (Å²) in [6.45, 7) is 2.52. The molecule has 2 heterocycles. The third-order valence-electron chi connectivity index (χ3n) is 3.76. The zero-order valence-corrected chi connectivity index (χ0v) is 11.5. The average Bonchev–Trinajstić information content (AvgIpc) is 2.84. The smallest absolute Gasteiger partial charge is 0.313 e. The Morgan fingerprint density at radius 2 is 2.32 bits per heavy atom. The lowest BCUT2D eigenvalue weighted by Gasteiger charge is -2.34. The fourth-order valence-electron chi connectivity index (χ4n) is 2.44. The Balaban J connectivity index is 1.93. The lowest BCUT2D eigenvalue weighted by molar-refractivity contribution is -0.158. The van der Waals surface area contributed by atoms with E-state index in [1.165, 1.54) is 7.11 Å². The highest BCUT2D eigenvalue weighted by atomic mass is 16.5. The highest BCUT2D eigenvalue weighted by molar-refractivity contribution is 5.77. The van der Waals surface area contributed by atoms with Gasteiger partial charge in [0.1, 0.15) is 0 Å². The van der Waals surface area contributed by atoms with Crippen molar-refractivity contribution in [2.24, 2.45) is 12.5 Å². The molecule has 106 valence electrons. The predicted molar refractivity (Wildman–Crippen MR) is 69.4 cm³/mol. The molecule has 0 amide bonds. The SMILES string of the molecule is COC(=O)C1(CNCc2ccnn2C)CCOCC1. The molecule has 6 heteroatoms. The van der Waals surface area contributed by atoms with Gasteiger partial charge in [0.2, 0.25) is 0 Å². The van der Waals surface area contributed by atoms with Gasteiger partial charge in [0.25, 0.3) is 0 Å². The van der Waals surface area contributed by atoms with Crippen molar-refractivity contribution in [2.45, 2.75) is 19.4 Å². The van der Waals surface area contributed by atoms with Crippen molar-refractivity contribution in [3.05, 3.63) is 18.0 Å². The summed E-state index contributed by atoms with van der Waals surface area (Å²) in [6, 6.07) is 1.96. The summed E-state index contributed by atoms with van der Waals surface area (Å²) in [5.74, 6) is -0.145. The van der Waals surface area contributed by atoms with Crippen molar-refractivity contribution in [2.75, 3.05) is 26.9 Å². The van der Waals surface area contributed by atoms with Gasteiger partial charge in [0, 0.05) is 39.5 Å². The minimum Gasteiger partial charge on any atom is -0.469 e. The van der Waals surface area contributed by atoms with E-state index in [2.05, 4.69) is 10.4 Å². The first-order chi connectivity index (χ1) is 9.18. The number of esters is 1. The number of nitrogens with zero attached hydrogens (tertiary/aromatic N) is 2. The number of methoxy groups -OCH3 is 1. The van der Waals surface area contributed by atoms with Gasteiger partial charge in [-0.15, -0.1) is 0 Å². The largest absolute Gasteiger partial charge is 0.469 e. The molecule has 1 aliphatic heterocycles. The molecule has 1 aromatic rings. The molecule has 1 aromatic heterocycles. The monoisotopic (exact) mass is 267 g/mol. The molecule has 19 heavy (non-hydrogen) atoms. The number of nitrogens with one attached hydrogen (secondary N) is 1. The van der Waals surface area contributed by atoms with Gasteiger partial charge >= 0.3 is 5.97 Å². The Kier molecular flexibility index (Phi) is 4.55. The topological polar surface area (TPSA) is 65.4 Å². The highest BCUT2D eigenvalue weighted by Gasteiger charge is 2.40. The van der Waals surface area contributed by atoms with Crippen molar-refractivity contribution in [3.8, 4) is 0 Å². The number of hydrogen-bond acceptors (Lipinski definition) is 5. The standard InChI is InChI=1S/C13H21N3O3/c1-16-11(3-6-15-16)9-14-10-13(12(17)18-2)4-7-19-8-5-13/h3,6,14H,4-5,7-10H2,1-2H3. The molecule has 0 aromatic carbocycles. The second-order valence-corrected chi connectivity index (χ2v) is 4.93. The summed E-state index contributed by atoms with van der Waals surface area (Å²) in [4.78, 5) is 12.0. The first-order valence-electron chi connectivity index (χ1n) is 6.52. The van der Waals surface area contributed by atoms with Crippen LogP contribution in [0, 0.1) is 5.41 Å². The Morgan fingerprint density at radius 3 is 2.89 bits per heavy atom. The van der Waals surface area contributed by atoms with E-state index in [1.54, 1.807) is 6.20 Å². The molecule has 0 unspecified atom stereocenters. The van der Waals surface area contributed by atoms with Crippen molar-refractivity contribution in [1.82, 2.24) is 15.1 Å². The molecule has 1 fully saturated rings. The lowest BCUT2D eigenvalue weighted by atomic mass is 9.80. The van der Waals surface area contributed by atoms with Gasteiger partial charge < -0.3 is 14.8 Å². The van der Waals surface area contributed by atoms with Gasteiger partial charge in [-0.05, 0) is 18.9 Å². The fraction of sp³-hybridized carbons (Fsp3) is 0.692. The molecule has 0 saturated carbocycles. The number of aromatic nitrogens is 2. The Labute approximate surface area is 113 Å². The number of hydrogen-bond donors (Lipinski definition) is 1. The van der Waals surface area contributed by atoms with Crippen LogP contribution in [0.25, 0.3) is 0 Å². The Bertz CT molecular complexity index is 425.